The summed E-state index contributed by atoms with van der Waals surface area (Å²) >= 11 is 0. The standard InChI is InChI=1S/C60H69N7O11S/c1-42-27-33-49(34-28-42)79(73,74)67-58(61)62-35-17-26-50(54(68)65-52(57(71)77-40-47-24-15-8-16-25-47)37-44-29-31-48(32-30-44)76-39-46-22-13-7-14-23-46)63-55(69)51(36-43-18-9-5-10-19-43)64-56(70)53(66-59(72)78-60(2,3)4)41-75-38-45-20-11-6-12-21-45/h5-16,18-25,27-34,50-53H,17,26,35-41H2,1-4H3,(H,63,69)(H,64,70)(H,65,68)(H,66,72)(H3,61,62,67)/t50-,51+,52+,53+/m1/s1. The highest BCUT2D eigenvalue weighted by atomic mass is 32.2. The predicted octanol–water partition coefficient (Wildman–Crippen LogP) is 6.74. The molecular weight excluding hydrogens is 1030 g/mol. The molecular formula is C60H69N7O11S. The molecule has 0 heterocycles. The van der Waals surface area contributed by atoms with Gasteiger partial charge in [0.15, 0.2) is 0 Å². The molecule has 0 aliphatic carbocycles. The molecule has 0 aliphatic heterocycles. The second kappa shape index (κ2) is 29.8. The van der Waals surface area contributed by atoms with Crippen molar-refractivity contribution in [2.24, 2.45) is 10.7 Å². The quantitative estimate of drug-likeness (QED) is 0.0136. The van der Waals surface area contributed by atoms with Gasteiger partial charge in [-0.15, -0.1) is 0 Å². The maximum absolute atomic E-state index is 14.8. The SMILES string of the molecule is Cc1ccc(S(=O)(=O)NC(N)=NCCC[C@@H](NC(=O)[C@H](Cc2ccccc2)NC(=O)[C@H](COCc2ccccc2)NC(=O)OC(C)(C)C)C(=O)N[C@@H](Cc2ccc(OCc3ccccc3)cc2)C(=O)OCc2ccccc2)cc1. The molecule has 0 spiro atoms. The van der Waals surface area contributed by atoms with Crippen molar-refractivity contribution in [2.45, 2.75) is 108 Å². The Morgan fingerprint density at radius 1 is 0.557 bits per heavy atom. The van der Waals surface area contributed by atoms with E-state index in [1.165, 1.54) is 12.1 Å². The van der Waals surface area contributed by atoms with Gasteiger partial charge in [-0.3, -0.25) is 19.4 Å². The van der Waals surface area contributed by atoms with Crippen LogP contribution in [0.15, 0.2) is 180 Å². The first kappa shape index (κ1) is 59.7. The molecule has 0 bridgehead atoms. The van der Waals surface area contributed by atoms with Gasteiger partial charge in [-0.05, 0) is 92.6 Å². The van der Waals surface area contributed by atoms with E-state index in [1.807, 2.05) is 73.7 Å². The molecule has 6 rings (SSSR count). The van der Waals surface area contributed by atoms with Crippen LogP contribution in [0.1, 0.15) is 67.0 Å². The lowest BCUT2D eigenvalue weighted by Gasteiger charge is -2.27. The number of aliphatic imine (C=N–C) groups is 1. The number of alkyl carbamates (subject to hydrolysis) is 1. The van der Waals surface area contributed by atoms with Crippen LogP contribution in [0.25, 0.3) is 0 Å². The van der Waals surface area contributed by atoms with E-state index < -0.39 is 75.5 Å². The maximum atomic E-state index is 14.8. The summed E-state index contributed by atoms with van der Waals surface area (Å²) in [5, 5.41) is 11.0. The molecule has 0 unspecified atom stereocenters. The molecule has 19 heteroatoms. The van der Waals surface area contributed by atoms with E-state index in [2.05, 4.69) is 31.0 Å². The number of nitrogens with zero attached hydrogens (tertiary/aromatic N) is 1. The number of sulfonamides is 1. The second-order valence-corrected chi connectivity index (χ2v) is 21.3. The number of nitrogens with two attached hydrogens (primary N) is 1. The van der Waals surface area contributed by atoms with Gasteiger partial charge in [-0.1, -0.05) is 151 Å². The zero-order valence-electron chi connectivity index (χ0n) is 44.8. The van der Waals surface area contributed by atoms with Gasteiger partial charge >= 0.3 is 12.1 Å². The number of carbonyl (C=O) groups is 5. The summed E-state index contributed by atoms with van der Waals surface area (Å²) in [4.78, 5) is 75.2. The molecule has 0 saturated heterocycles. The number of carbonyl (C=O) groups excluding carboxylic acids is 5. The molecule has 7 N–H and O–H groups in total. The largest absolute Gasteiger partial charge is 0.489 e. The Bertz CT molecular complexity index is 3040. The van der Waals surface area contributed by atoms with Gasteiger partial charge in [0.2, 0.25) is 23.7 Å². The smallest absolute Gasteiger partial charge is 0.408 e. The number of aryl methyl sites for hydroxylation is 1. The minimum atomic E-state index is -4.08. The zero-order chi connectivity index (χ0) is 56.6. The fourth-order valence-electron chi connectivity index (χ4n) is 7.81. The summed E-state index contributed by atoms with van der Waals surface area (Å²) in [5.74, 6) is -2.93. The molecule has 0 aliphatic rings. The molecule has 0 aromatic heterocycles. The predicted molar refractivity (Wildman–Crippen MR) is 300 cm³/mol. The van der Waals surface area contributed by atoms with Crippen molar-refractivity contribution in [1.82, 2.24) is 26.0 Å². The lowest BCUT2D eigenvalue weighted by Crippen LogP contribution is -2.59. The Morgan fingerprint density at radius 3 is 1.62 bits per heavy atom. The van der Waals surface area contributed by atoms with Crippen LogP contribution in [0.4, 0.5) is 4.79 Å². The van der Waals surface area contributed by atoms with Crippen LogP contribution in [-0.2, 0) is 76.1 Å². The van der Waals surface area contributed by atoms with Crippen LogP contribution in [-0.4, -0.2) is 87.1 Å². The molecule has 0 fully saturated rings. The molecule has 4 amide bonds. The third-order valence-electron chi connectivity index (χ3n) is 11.9. The van der Waals surface area contributed by atoms with Gasteiger partial charge in [0, 0.05) is 19.4 Å². The normalized spacial score (nSPS) is 13.1. The maximum Gasteiger partial charge on any atom is 0.408 e. The molecule has 79 heavy (non-hydrogen) atoms. The van der Waals surface area contributed by atoms with Gasteiger partial charge in [-0.2, -0.15) is 0 Å². The Hall–Kier alpha value is -8.55. The van der Waals surface area contributed by atoms with Gasteiger partial charge in [-0.25, -0.2) is 22.7 Å². The van der Waals surface area contributed by atoms with E-state index in [-0.39, 0.29) is 56.9 Å². The lowest BCUT2D eigenvalue weighted by atomic mass is 10.0. The topological polar surface area (TPSA) is 255 Å². The highest BCUT2D eigenvalue weighted by molar-refractivity contribution is 7.90. The summed E-state index contributed by atoms with van der Waals surface area (Å²) in [7, 11) is -4.08. The van der Waals surface area contributed by atoms with Crippen LogP contribution in [0.2, 0.25) is 0 Å². The number of ether oxygens (including phenoxy) is 4. The van der Waals surface area contributed by atoms with E-state index in [4.69, 9.17) is 24.7 Å². The van der Waals surface area contributed by atoms with Gasteiger partial charge in [0.1, 0.15) is 48.7 Å². The third-order valence-corrected chi connectivity index (χ3v) is 13.3. The van der Waals surface area contributed by atoms with Crippen molar-refractivity contribution in [3.63, 3.8) is 0 Å². The van der Waals surface area contributed by atoms with Gasteiger partial charge in [0.05, 0.1) is 18.1 Å². The minimum absolute atomic E-state index is 0.0218. The van der Waals surface area contributed by atoms with Crippen LogP contribution in [0, 0.1) is 6.92 Å². The highest BCUT2D eigenvalue weighted by Crippen LogP contribution is 2.18. The van der Waals surface area contributed by atoms with Crippen molar-refractivity contribution in [3.8, 4) is 5.75 Å². The van der Waals surface area contributed by atoms with Gasteiger partial charge < -0.3 is 45.9 Å². The molecule has 0 radical (unpaired) electrons. The third kappa shape index (κ3) is 21.1. The average Bonchev–Trinajstić information content (AvgIpc) is 3.43. The fourth-order valence-corrected chi connectivity index (χ4v) is 8.76. The molecule has 6 aromatic rings. The Balaban J connectivity index is 1.26. The fraction of sp³-hybridized carbons (Fsp3) is 0.300. The van der Waals surface area contributed by atoms with Crippen molar-refractivity contribution in [2.75, 3.05) is 13.2 Å². The first-order chi connectivity index (χ1) is 37.9. The summed E-state index contributed by atoms with van der Waals surface area (Å²) in [6.07, 6.45) is -1.02. The van der Waals surface area contributed by atoms with Crippen LogP contribution in [0.5, 0.6) is 5.75 Å². The number of rotatable bonds is 27. The van der Waals surface area contributed by atoms with E-state index in [0.29, 0.717) is 29.0 Å². The lowest BCUT2D eigenvalue weighted by molar-refractivity contribution is -0.149. The molecule has 6 aromatic carbocycles. The van der Waals surface area contributed by atoms with Crippen LogP contribution in [0.3, 0.4) is 0 Å². The summed E-state index contributed by atoms with van der Waals surface area (Å²) in [6, 6.07) is 44.6. The number of benzene rings is 6. The minimum Gasteiger partial charge on any atom is -0.489 e. The van der Waals surface area contributed by atoms with Crippen molar-refractivity contribution in [3.05, 3.63) is 203 Å². The monoisotopic (exact) mass is 1100 g/mol. The Labute approximate surface area is 461 Å². The number of nitrogens with one attached hydrogen (secondary N) is 5. The van der Waals surface area contributed by atoms with E-state index >= 15 is 0 Å². The van der Waals surface area contributed by atoms with Crippen LogP contribution < -0.4 is 36.5 Å². The highest BCUT2D eigenvalue weighted by Gasteiger charge is 2.33. The number of hydrogen-bond acceptors (Lipinski definition) is 12. The van der Waals surface area contributed by atoms with Crippen molar-refractivity contribution >= 4 is 45.8 Å². The first-order valence-corrected chi connectivity index (χ1v) is 27.3. The summed E-state index contributed by atoms with van der Waals surface area (Å²) in [6.45, 7) is 6.78. The van der Waals surface area contributed by atoms with E-state index in [0.717, 1.165) is 16.7 Å². The summed E-state index contributed by atoms with van der Waals surface area (Å²) in [5.41, 5.74) is 9.81. The van der Waals surface area contributed by atoms with E-state index in [1.54, 1.807) is 112 Å². The Kier molecular flexibility index (Phi) is 22.5. The first-order valence-electron chi connectivity index (χ1n) is 25.8. The van der Waals surface area contributed by atoms with Gasteiger partial charge in [0.25, 0.3) is 10.0 Å². The summed E-state index contributed by atoms with van der Waals surface area (Å²) < 4.78 is 51.5. The van der Waals surface area contributed by atoms with Crippen molar-refractivity contribution < 1.29 is 51.3 Å². The zero-order valence-corrected chi connectivity index (χ0v) is 45.6. The average molecular weight is 1100 g/mol. The molecule has 416 valence electrons. The van der Waals surface area contributed by atoms with E-state index in [9.17, 15) is 32.4 Å². The molecule has 18 nitrogen and oxygen atoms in total. The number of amides is 4. The number of esters is 1. The second-order valence-electron chi connectivity index (χ2n) is 19.6. The van der Waals surface area contributed by atoms with Crippen LogP contribution >= 0.6 is 0 Å². The number of guanidine groups is 1. The number of hydrogen-bond donors (Lipinski definition) is 6. The molecule has 0 saturated carbocycles. The Morgan fingerprint density at radius 2 is 1.04 bits per heavy atom. The van der Waals surface area contributed by atoms with Crippen molar-refractivity contribution in [1.29, 1.82) is 0 Å². The molecule has 4 atom stereocenters.